The summed E-state index contributed by atoms with van der Waals surface area (Å²) in [4.78, 5) is 25.0. The van der Waals surface area contributed by atoms with Crippen molar-refractivity contribution < 1.29 is 14.3 Å². The first kappa shape index (κ1) is 34.2. The molecule has 2 atom stereocenters. The highest BCUT2D eigenvalue weighted by Crippen LogP contribution is 2.18. The van der Waals surface area contributed by atoms with Crippen molar-refractivity contribution in [1.29, 1.82) is 0 Å². The van der Waals surface area contributed by atoms with Gasteiger partial charge in [-0.1, -0.05) is 66.2 Å². The predicted octanol–water partition coefficient (Wildman–Crippen LogP) is 7.81. The molecule has 2 rings (SSSR count). The molecule has 2 aromatic rings. The number of ether oxygens (including phenoxy) is 1. The first-order chi connectivity index (χ1) is 16.4. The van der Waals surface area contributed by atoms with Gasteiger partial charge in [-0.05, 0) is 63.8 Å². The molecular formula is C29H49NO3S. The Hall–Kier alpha value is -1.98. The molecule has 0 saturated carbocycles. The van der Waals surface area contributed by atoms with Crippen LogP contribution in [-0.4, -0.2) is 31.4 Å². The summed E-state index contributed by atoms with van der Waals surface area (Å²) >= 11 is 1.82. The Morgan fingerprint density at radius 2 is 1.65 bits per heavy atom. The van der Waals surface area contributed by atoms with Crippen LogP contribution in [0.15, 0.2) is 36.4 Å². The van der Waals surface area contributed by atoms with E-state index in [1.807, 2.05) is 77.1 Å². The van der Waals surface area contributed by atoms with Gasteiger partial charge in [0.1, 0.15) is 6.29 Å². The molecule has 1 N–H and O–H groups in total. The van der Waals surface area contributed by atoms with Crippen molar-refractivity contribution in [2.45, 2.75) is 94.1 Å². The zero-order valence-corrected chi connectivity index (χ0v) is 23.9. The molecule has 1 amide bonds. The minimum absolute atomic E-state index is 0.0338. The maximum Gasteiger partial charge on any atom is 0.251 e. The van der Waals surface area contributed by atoms with Gasteiger partial charge in [-0.25, -0.2) is 0 Å². The molecule has 0 aliphatic carbocycles. The Kier molecular flexibility index (Phi) is 22.9. The second-order valence-corrected chi connectivity index (χ2v) is 9.01. The van der Waals surface area contributed by atoms with E-state index in [1.165, 1.54) is 9.75 Å². The summed E-state index contributed by atoms with van der Waals surface area (Å²) in [6.45, 7) is 19.6. The molecule has 2 unspecified atom stereocenters. The first-order valence-corrected chi connectivity index (χ1v) is 13.7. The zero-order chi connectivity index (χ0) is 26.4. The summed E-state index contributed by atoms with van der Waals surface area (Å²) in [7, 11) is 0. The van der Waals surface area contributed by atoms with Crippen molar-refractivity contribution in [1.82, 2.24) is 5.32 Å². The summed E-state index contributed by atoms with van der Waals surface area (Å²) < 4.78 is 5.63. The number of aryl methyl sites for hydroxylation is 3. The molecule has 0 aliphatic heterocycles. The van der Waals surface area contributed by atoms with Gasteiger partial charge in [-0.2, -0.15) is 0 Å². The van der Waals surface area contributed by atoms with E-state index in [1.54, 1.807) is 0 Å². The average Bonchev–Trinajstić information content (AvgIpc) is 3.30. The number of rotatable bonds is 11. The van der Waals surface area contributed by atoms with E-state index in [9.17, 15) is 9.59 Å². The Bertz CT molecular complexity index is 740. The summed E-state index contributed by atoms with van der Waals surface area (Å²) in [5, 5.41) is 2.91. The molecular weight excluding hydrogens is 442 g/mol. The fourth-order valence-corrected chi connectivity index (χ4v) is 3.58. The number of hydrogen-bond acceptors (Lipinski definition) is 4. The van der Waals surface area contributed by atoms with Gasteiger partial charge < -0.3 is 14.8 Å². The van der Waals surface area contributed by atoms with E-state index < -0.39 is 0 Å². The first-order valence-electron chi connectivity index (χ1n) is 12.9. The Balaban J connectivity index is 0. The number of benzene rings is 1. The fourth-order valence-electron chi connectivity index (χ4n) is 2.68. The molecule has 1 aromatic carbocycles. The lowest BCUT2D eigenvalue weighted by Gasteiger charge is -2.16. The number of aldehydes is 1. The molecule has 1 heterocycles. The molecule has 34 heavy (non-hydrogen) atoms. The molecule has 5 heteroatoms. The van der Waals surface area contributed by atoms with E-state index in [4.69, 9.17) is 4.74 Å². The van der Waals surface area contributed by atoms with Gasteiger partial charge in [0.2, 0.25) is 0 Å². The smallest absolute Gasteiger partial charge is 0.251 e. The van der Waals surface area contributed by atoms with E-state index in [2.05, 4.69) is 38.2 Å². The molecule has 0 radical (unpaired) electrons. The maximum absolute atomic E-state index is 11.9. The van der Waals surface area contributed by atoms with Crippen molar-refractivity contribution in [2.24, 2.45) is 5.92 Å². The Morgan fingerprint density at radius 1 is 1.03 bits per heavy atom. The number of hydrogen-bond donors (Lipinski definition) is 1. The van der Waals surface area contributed by atoms with E-state index in [0.29, 0.717) is 12.1 Å². The highest BCUT2D eigenvalue weighted by Gasteiger charge is 2.10. The van der Waals surface area contributed by atoms with Crippen LogP contribution in [0.25, 0.3) is 0 Å². The Labute approximate surface area is 213 Å². The van der Waals surface area contributed by atoms with Crippen molar-refractivity contribution in [2.75, 3.05) is 13.2 Å². The van der Waals surface area contributed by atoms with E-state index in [-0.39, 0.29) is 17.9 Å². The minimum Gasteiger partial charge on any atom is -0.376 e. The number of nitrogens with one attached hydrogen (secondary N) is 1. The highest BCUT2D eigenvalue weighted by atomic mass is 32.1. The van der Waals surface area contributed by atoms with Gasteiger partial charge in [-0.3, -0.25) is 4.79 Å². The Morgan fingerprint density at radius 3 is 2.12 bits per heavy atom. The lowest BCUT2D eigenvalue weighted by atomic mass is 10.1. The molecule has 4 nitrogen and oxygen atoms in total. The molecule has 0 aliphatic rings. The molecule has 0 fully saturated rings. The van der Waals surface area contributed by atoms with Crippen LogP contribution in [0, 0.1) is 19.8 Å². The average molecular weight is 492 g/mol. The largest absolute Gasteiger partial charge is 0.376 e. The zero-order valence-electron chi connectivity index (χ0n) is 23.1. The third kappa shape index (κ3) is 16.6. The molecule has 194 valence electrons. The lowest BCUT2D eigenvalue weighted by Crippen LogP contribution is -2.33. The second-order valence-electron chi connectivity index (χ2n) is 7.64. The number of amides is 1. The molecule has 1 aromatic heterocycles. The van der Waals surface area contributed by atoms with Crippen LogP contribution >= 0.6 is 11.3 Å². The van der Waals surface area contributed by atoms with Crippen LogP contribution < -0.4 is 5.32 Å². The van der Waals surface area contributed by atoms with Crippen LogP contribution in [-0.2, 0) is 16.0 Å². The predicted molar refractivity (Wildman–Crippen MR) is 149 cm³/mol. The SMILES string of the molecule is CC.CC.CCCOC(CC)CNC(=O)c1ccc(C)cc1.Cc1ccc(CCC(C)C=O)s1. The third-order valence-electron chi connectivity index (χ3n) is 4.69. The van der Waals surface area contributed by atoms with E-state index >= 15 is 0 Å². The maximum atomic E-state index is 11.9. The monoisotopic (exact) mass is 491 g/mol. The van der Waals surface area contributed by atoms with Crippen molar-refractivity contribution in [3.05, 3.63) is 57.3 Å². The van der Waals surface area contributed by atoms with Crippen molar-refractivity contribution in [3.63, 3.8) is 0 Å². The fraction of sp³-hybridized carbons (Fsp3) is 0.586. The topological polar surface area (TPSA) is 55.4 Å². The third-order valence-corrected chi connectivity index (χ3v) is 5.75. The van der Waals surface area contributed by atoms with Crippen LogP contribution in [0.4, 0.5) is 0 Å². The minimum atomic E-state index is -0.0338. The van der Waals surface area contributed by atoms with Crippen LogP contribution in [0.2, 0.25) is 0 Å². The highest BCUT2D eigenvalue weighted by molar-refractivity contribution is 7.11. The second kappa shape index (κ2) is 22.8. The molecule has 0 spiro atoms. The standard InChI is InChI=1S/C15H23NO2.C10H14OS.2C2H6/c1-4-10-18-14(5-2)11-16-15(17)13-8-6-12(3)7-9-13;1-8(7-11)3-5-10-6-4-9(2)12-10;2*1-2/h6-9,14H,4-5,10-11H2,1-3H3,(H,16,17);4,6-8H,3,5H2,1-2H3;2*1-2H3. The lowest BCUT2D eigenvalue weighted by molar-refractivity contribution is -0.110. The summed E-state index contributed by atoms with van der Waals surface area (Å²) in [6.07, 6.45) is 5.07. The van der Waals surface area contributed by atoms with Crippen LogP contribution in [0.1, 0.15) is 93.4 Å². The van der Waals surface area contributed by atoms with Crippen LogP contribution in [0.5, 0.6) is 0 Å². The van der Waals surface area contributed by atoms with Crippen LogP contribution in [0.3, 0.4) is 0 Å². The quantitative estimate of drug-likeness (QED) is 0.326. The normalized spacial score (nSPS) is 11.3. The summed E-state index contributed by atoms with van der Waals surface area (Å²) in [5.41, 5.74) is 1.86. The van der Waals surface area contributed by atoms with Gasteiger partial charge in [0, 0.05) is 34.4 Å². The van der Waals surface area contributed by atoms with E-state index in [0.717, 1.165) is 44.1 Å². The summed E-state index contributed by atoms with van der Waals surface area (Å²) in [5.74, 6) is 0.168. The summed E-state index contributed by atoms with van der Waals surface area (Å²) in [6, 6.07) is 11.9. The van der Waals surface area contributed by atoms with Gasteiger partial charge >= 0.3 is 0 Å². The number of carbonyl (C=O) groups is 2. The molecule has 0 saturated heterocycles. The van der Waals surface area contributed by atoms with Gasteiger partial charge in [-0.15, -0.1) is 11.3 Å². The number of carbonyl (C=O) groups excluding carboxylic acids is 2. The van der Waals surface area contributed by atoms with Crippen molar-refractivity contribution >= 4 is 23.5 Å². The number of thiophene rings is 1. The van der Waals surface area contributed by atoms with Gasteiger partial charge in [0.25, 0.3) is 5.91 Å². The van der Waals surface area contributed by atoms with Gasteiger partial charge in [0.15, 0.2) is 0 Å². The molecule has 0 bridgehead atoms. The van der Waals surface area contributed by atoms with Gasteiger partial charge in [0.05, 0.1) is 6.10 Å². The van der Waals surface area contributed by atoms with Crippen molar-refractivity contribution in [3.8, 4) is 0 Å².